The number of halogens is 1. The van der Waals surface area contributed by atoms with Crippen molar-refractivity contribution in [1.82, 2.24) is 10.2 Å². The van der Waals surface area contributed by atoms with Gasteiger partial charge in [0.25, 0.3) is 0 Å². The largest absolute Gasteiger partial charge is 0.481 e. The molecule has 5 nitrogen and oxygen atoms in total. The van der Waals surface area contributed by atoms with E-state index in [1.807, 2.05) is 17.0 Å². The van der Waals surface area contributed by atoms with Crippen LogP contribution in [0, 0.1) is 5.92 Å². The molecule has 2 heterocycles. The minimum absolute atomic E-state index is 0.0313. The van der Waals surface area contributed by atoms with E-state index < -0.39 is 5.97 Å². The lowest BCUT2D eigenvalue weighted by Crippen LogP contribution is -2.44. The number of aliphatic carboxylic acids is 1. The second kappa shape index (κ2) is 7.79. The van der Waals surface area contributed by atoms with Crippen molar-refractivity contribution in [2.24, 2.45) is 5.92 Å². The number of carboxylic acid groups (broad SMARTS) is 1. The molecule has 1 aromatic rings. The van der Waals surface area contributed by atoms with Crippen LogP contribution >= 0.6 is 27.3 Å². The van der Waals surface area contributed by atoms with E-state index in [1.54, 1.807) is 11.3 Å². The van der Waals surface area contributed by atoms with Crippen LogP contribution in [0.4, 0.5) is 4.79 Å². The Morgan fingerprint density at radius 3 is 2.67 bits per heavy atom. The normalized spacial score (nSPS) is 16.0. The highest BCUT2D eigenvalue weighted by Crippen LogP contribution is 2.23. The van der Waals surface area contributed by atoms with Gasteiger partial charge in [-0.15, -0.1) is 11.3 Å². The first-order valence-corrected chi connectivity index (χ1v) is 8.64. The van der Waals surface area contributed by atoms with Gasteiger partial charge in [-0.25, -0.2) is 4.79 Å². The topological polar surface area (TPSA) is 69.6 Å². The Morgan fingerprint density at radius 1 is 1.38 bits per heavy atom. The molecule has 7 heteroatoms. The second-order valence-corrected chi connectivity index (χ2v) is 7.77. The van der Waals surface area contributed by atoms with Crippen molar-refractivity contribution in [2.45, 2.75) is 32.2 Å². The highest BCUT2D eigenvalue weighted by atomic mass is 79.9. The Kier molecular flexibility index (Phi) is 6.05. The van der Waals surface area contributed by atoms with Crippen LogP contribution in [0.5, 0.6) is 0 Å². The van der Waals surface area contributed by atoms with Gasteiger partial charge in [-0.2, -0.15) is 0 Å². The Hall–Kier alpha value is -1.08. The van der Waals surface area contributed by atoms with Gasteiger partial charge in [0.15, 0.2) is 0 Å². The van der Waals surface area contributed by atoms with Crippen LogP contribution in [0.1, 0.15) is 30.6 Å². The molecule has 1 aliphatic rings. The molecule has 0 radical (unpaired) electrons. The molecule has 2 rings (SSSR count). The van der Waals surface area contributed by atoms with Gasteiger partial charge in [0.2, 0.25) is 0 Å². The summed E-state index contributed by atoms with van der Waals surface area (Å²) in [6.45, 7) is 1.97. The third kappa shape index (κ3) is 5.32. The van der Waals surface area contributed by atoms with Crippen molar-refractivity contribution < 1.29 is 14.7 Å². The number of rotatable bonds is 5. The van der Waals surface area contributed by atoms with Gasteiger partial charge in [0, 0.05) is 24.4 Å². The first kappa shape index (κ1) is 16.3. The molecule has 2 N–H and O–H groups in total. The highest BCUT2D eigenvalue weighted by Gasteiger charge is 2.22. The SMILES string of the molecule is O=C(O)CCC1CCN(C(=O)NCc2ccc(Br)s2)CC1. The van der Waals surface area contributed by atoms with Gasteiger partial charge in [0.05, 0.1) is 10.3 Å². The molecular formula is C14H19BrN2O3S. The van der Waals surface area contributed by atoms with E-state index in [0.717, 1.165) is 21.5 Å². The quantitative estimate of drug-likeness (QED) is 0.830. The maximum atomic E-state index is 12.1. The predicted molar refractivity (Wildman–Crippen MR) is 85.4 cm³/mol. The van der Waals surface area contributed by atoms with Gasteiger partial charge < -0.3 is 15.3 Å². The lowest BCUT2D eigenvalue weighted by molar-refractivity contribution is -0.137. The average Bonchev–Trinajstić information content (AvgIpc) is 2.89. The van der Waals surface area contributed by atoms with E-state index in [-0.39, 0.29) is 12.5 Å². The minimum Gasteiger partial charge on any atom is -0.481 e. The molecule has 0 bridgehead atoms. The number of carboxylic acids is 1. The van der Waals surface area contributed by atoms with E-state index in [4.69, 9.17) is 5.11 Å². The number of amides is 2. The monoisotopic (exact) mass is 374 g/mol. The molecule has 0 aliphatic carbocycles. The summed E-state index contributed by atoms with van der Waals surface area (Å²) in [5, 5.41) is 11.6. The van der Waals surface area contributed by atoms with Crippen LogP contribution in [-0.4, -0.2) is 35.1 Å². The van der Waals surface area contributed by atoms with Crippen LogP contribution < -0.4 is 5.32 Å². The zero-order valence-electron chi connectivity index (χ0n) is 11.7. The molecule has 1 fully saturated rings. The summed E-state index contributed by atoms with van der Waals surface area (Å²) in [5.41, 5.74) is 0. The Bertz CT molecular complexity index is 498. The lowest BCUT2D eigenvalue weighted by atomic mass is 9.92. The van der Waals surface area contributed by atoms with Gasteiger partial charge >= 0.3 is 12.0 Å². The maximum Gasteiger partial charge on any atom is 0.317 e. The molecule has 0 atom stereocenters. The van der Waals surface area contributed by atoms with Gasteiger partial charge in [-0.3, -0.25) is 4.79 Å². The van der Waals surface area contributed by atoms with E-state index in [2.05, 4.69) is 21.2 Å². The van der Waals surface area contributed by atoms with Gasteiger partial charge in [0.1, 0.15) is 0 Å². The first-order chi connectivity index (χ1) is 10.0. The summed E-state index contributed by atoms with van der Waals surface area (Å²) in [5.74, 6) is -0.310. The molecule has 1 aromatic heterocycles. The van der Waals surface area contributed by atoms with Crippen molar-refractivity contribution in [3.8, 4) is 0 Å². The fourth-order valence-electron chi connectivity index (χ4n) is 2.47. The number of carbonyl (C=O) groups excluding carboxylic acids is 1. The zero-order valence-corrected chi connectivity index (χ0v) is 14.1. The fraction of sp³-hybridized carbons (Fsp3) is 0.571. The lowest BCUT2D eigenvalue weighted by Gasteiger charge is -2.31. The molecule has 0 unspecified atom stereocenters. The van der Waals surface area contributed by atoms with Gasteiger partial charge in [-0.05, 0) is 53.2 Å². The standard InChI is InChI=1S/C14H19BrN2O3S/c15-12-3-2-11(21-12)9-16-14(20)17-7-5-10(6-8-17)1-4-13(18)19/h2-3,10H,1,4-9H2,(H,16,20)(H,18,19). The number of hydrogen-bond donors (Lipinski definition) is 2. The molecule has 2 amide bonds. The number of carbonyl (C=O) groups is 2. The third-order valence-corrected chi connectivity index (χ3v) is 5.33. The van der Waals surface area contributed by atoms with Crippen LogP contribution in [0.3, 0.4) is 0 Å². The van der Waals surface area contributed by atoms with Gasteiger partial charge in [-0.1, -0.05) is 0 Å². The molecule has 0 aromatic carbocycles. The Balaban J connectivity index is 1.69. The molecule has 1 saturated heterocycles. The van der Waals surface area contributed by atoms with E-state index in [0.29, 0.717) is 32.0 Å². The van der Waals surface area contributed by atoms with Crippen molar-refractivity contribution in [3.63, 3.8) is 0 Å². The second-order valence-electron chi connectivity index (χ2n) is 5.23. The molecular weight excluding hydrogens is 356 g/mol. The molecule has 0 saturated carbocycles. The first-order valence-electron chi connectivity index (χ1n) is 7.03. The Labute approximate surface area is 136 Å². The van der Waals surface area contributed by atoms with Crippen molar-refractivity contribution in [3.05, 3.63) is 20.8 Å². The van der Waals surface area contributed by atoms with Crippen molar-refractivity contribution in [2.75, 3.05) is 13.1 Å². The number of likely N-dealkylation sites (tertiary alicyclic amines) is 1. The number of thiophene rings is 1. The number of urea groups is 1. The molecule has 0 spiro atoms. The van der Waals surface area contributed by atoms with E-state index in [1.165, 1.54) is 0 Å². The summed E-state index contributed by atoms with van der Waals surface area (Å²) in [7, 11) is 0. The smallest absolute Gasteiger partial charge is 0.317 e. The summed E-state index contributed by atoms with van der Waals surface area (Å²) < 4.78 is 1.06. The average molecular weight is 375 g/mol. The van der Waals surface area contributed by atoms with Crippen LogP contribution in [0.25, 0.3) is 0 Å². The number of piperidine rings is 1. The van der Waals surface area contributed by atoms with Crippen LogP contribution in [0.2, 0.25) is 0 Å². The number of hydrogen-bond acceptors (Lipinski definition) is 3. The van der Waals surface area contributed by atoms with E-state index >= 15 is 0 Å². The summed E-state index contributed by atoms with van der Waals surface area (Å²) in [6, 6.07) is 3.93. The van der Waals surface area contributed by atoms with Crippen LogP contribution in [-0.2, 0) is 11.3 Å². The highest BCUT2D eigenvalue weighted by molar-refractivity contribution is 9.11. The fourth-order valence-corrected chi connectivity index (χ4v) is 3.90. The predicted octanol–water partition coefficient (Wildman–Crippen LogP) is 3.30. The molecule has 21 heavy (non-hydrogen) atoms. The molecule has 1 aliphatic heterocycles. The maximum absolute atomic E-state index is 12.1. The third-order valence-electron chi connectivity index (χ3n) is 3.71. The van der Waals surface area contributed by atoms with Crippen LogP contribution in [0.15, 0.2) is 15.9 Å². The molecule has 116 valence electrons. The minimum atomic E-state index is -0.739. The van der Waals surface area contributed by atoms with Crippen molar-refractivity contribution in [1.29, 1.82) is 0 Å². The Morgan fingerprint density at radius 2 is 2.10 bits per heavy atom. The number of nitrogens with zero attached hydrogens (tertiary/aromatic N) is 1. The summed E-state index contributed by atoms with van der Waals surface area (Å²) in [4.78, 5) is 25.6. The van der Waals surface area contributed by atoms with E-state index in [9.17, 15) is 9.59 Å². The summed E-state index contributed by atoms with van der Waals surface area (Å²) >= 11 is 5.01. The zero-order chi connectivity index (χ0) is 15.2. The number of nitrogens with one attached hydrogen (secondary N) is 1. The summed E-state index contributed by atoms with van der Waals surface area (Å²) in [6.07, 6.45) is 2.73. The van der Waals surface area contributed by atoms with Crippen molar-refractivity contribution >= 4 is 39.3 Å².